The lowest BCUT2D eigenvalue weighted by Gasteiger charge is -2.44. The lowest BCUT2D eigenvalue weighted by atomic mass is 9.66. The lowest BCUT2D eigenvalue weighted by Crippen LogP contribution is -2.44. The zero-order valence-corrected chi connectivity index (χ0v) is 12.5. The first-order valence-electron chi connectivity index (χ1n) is 8.73. The van der Waals surface area contributed by atoms with E-state index >= 15 is 0 Å². The Morgan fingerprint density at radius 1 is 0.850 bits per heavy atom. The molecular formula is C19H27N. The zero-order chi connectivity index (χ0) is 13.4. The molecular weight excluding hydrogens is 242 g/mol. The van der Waals surface area contributed by atoms with Gasteiger partial charge < -0.3 is 5.32 Å². The number of hydrogen-bond donors (Lipinski definition) is 1. The monoisotopic (exact) mass is 269 g/mol. The molecule has 1 aromatic rings. The van der Waals surface area contributed by atoms with Crippen molar-refractivity contribution >= 4 is 0 Å². The first-order valence-corrected chi connectivity index (χ1v) is 8.73. The smallest absolute Gasteiger partial charge is 0.0211 e. The summed E-state index contributed by atoms with van der Waals surface area (Å²) < 4.78 is 0. The van der Waals surface area contributed by atoms with E-state index in [1.165, 1.54) is 51.4 Å². The highest BCUT2D eigenvalue weighted by molar-refractivity contribution is 5.34. The van der Waals surface area contributed by atoms with Gasteiger partial charge in [-0.15, -0.1) is 0 Å². The molecule has 1 aliphatic heterocycles. The topological polar surface area (TPSA) is 12.0 Å². The fraction of sp³-hybridized carbons (Fsp3) is 0.684. The molecule has 3 unspecified atom stereocenters. The minimum absolute atomic E-state index is 0.755. The summed E-state index contributed by atoms with van der Waals surface area (Å²) in [7, 11) is 0. The van der Waals surface area contributed by atoms with Crippen LogP contribution in [0.3, 0.4) is 0 Å². The van der Waals surface area contributed by atoms with E-state index in [1.807, 2.05) is 0 Å². The van der Waals surface area contributed by atoms with Crippen molar-refractivity contribution in [1.82, 2.24) is 5.32 Å². The van der Waals surface area contributed by atoms with Crippen LogP contribution in [0.1, 0.15) is 68.4 Å². The first-order chi connectivity index (χ1) is 9.92. The number of fused-ring (bicyclic) bond motifs is 3. The normalized spacial score (nSPS) is 34.3. The standard InChI is InChI=1S/C19H27N/c1-2-6-14(7-3-1)15-10-11-18-17-9-5-4-8-16(17)13-20-19(18)12-15/h4-5,8-9,14-15,18-20H,1-3,6-7,10-13H2. The summed E-state index contributed by atoms with van der Waals surface area (Å²) in [6.45, 7) is 1.09. The summed E-state index contributed by atoms with van der Waals surface area (Å²) >= 11 is 0. The molecule has 3 atom stereocenters. The molecule has 0 bridgehead atoms. The Labute approximate surface area is 123 Å². The van der Waals surface area contributed by atoms with Gasteiger partial charge in [0.05, 0.1) is 0 Å². The molecule has 1 N–H and O–H groups in total. The van der Waals surface area contributed by atoms with Gasteiger partial charge >= 0.3 is 0 Å². The summed E-state index contributed by atoms with van der Waals surface area (Å²) in [6.07, 6.45) is 11.8. The molecule has 1 nitrogen and oxygen atoms in total. The maximum atomic E-state index is 3.85. The van der Waals surface area contributed by atoms with Crippen LogP contribution in [0.2, 0.25) is 0 Å². The highest BCUT2D eigenvalue weighted by atomic mass is 14.9. The molecule has 0 amide bonds. The van der Waals surface area contributed by atoms with Gasteiger partial charge in [-0.1, -0.05) is 56.4 Å². The predicted octanol–water partition coefficient (Wildman–Crippen LogP) is 4.62. The average Bonchev–Trinajstić information content (AvgIpc) is 2.55. The Bertz CT molecular complexity index is 461. The van der Waals surface area contributed by atoms with Gasteiger partial charge in [0.25, 0.3) is 0 Å². The van der Waals surface area contributed by atoms with Gasteiger partial charge in [0.15, 0.2) is 0 Å². The van der Waals surface area contributed by atoms with E-state index in [2.05, 4.69) is 29.6 Å². The van der Waals surface area contributed by atoms with Crippen molar-refractivity contribution in [3.05, 3.63) is 35.4 Å². The van der Waals surface area contributed by atoms with Gasteiger partial charge in [-0.3, -0.25) is 0 Å². The molecule has 0 spiro atoms. The van der Waals surface area contributed by atoms with Crippen LogP contribution in [0.25, 0.3) is 0 Å². The van der Waals surface area contributed by atoms with E-state index in [9.17, 15) is 0 Å². The van der Waals surface area contributed by atoms with Crippen LogP contribution in [0.4, 0.5) is 0 Å². The molecule has 2 saturated carbocycles. The predicted molar refractivity (Wildman–Crippen MR) is 83.7 cm³/mol. The van der Waals surface area contributed by atoms with Gasteiger partial charge in [0.2, 0.25) is 0 Å². The van der Waals surface area contributed by atoms with Crippen molar-refractivity contribution < 1.29 is 0 Å². The van der Waals surface area contributed by atoms with Crippen molar-refractivity contribution in [2.24, 2.45) is 11.8 Å². The Kier molecular flexibility index (Phi) is 3.56. The van der Waals surface area contributed by atoms with Crippen molar-refractivity contribution in [3.8, 4) is 0 Å². The van der Waals surface area contributed by atoms with Gasteiger partial charge in [-0.05, 0) is 48.1 Å². The molecule has 0 aromatic heterocycles. The summed E-state index contributed by atoms with van der Waals surface area (Å²) in [4.78, 5) is 0. The second-order valence-electron chi connectivity index (χ2n) is 7.26. The van der Waals surface area contributed by atoms with Crippen molar-refractivity contribution in [1.29, 1.82) is 0 Å². The van der Waals surface area contributed by atoms with E-state index in [1.54, 1.807) is 11.1 Å². The number of benzene rings is 1. The quantitative estimate of drug-likeness (QED) is 0.784. The minimum Gasteiger partial charge on any atom is -0.309 e. The minimum atomic E-state index is 0.755. The van der Waals surface area contributed by atoms with Crippen molar-refractivity contribution in [2.45, 2.75) is 69.9 Å². The molecule has 2 fully saturated rings. The highest BCUT2D eigenvalue weighted by Crippen LogP contribution is 2.45. The van der Waals surface area contributed by atoms with Crippen molar-refractivity contribution in [3.63, 3.8) is 0 Å². The van der Waals surface area contributed by atoms with Crippen LogP contribution in [0.15, 0.2) is 24.3 Å². The summed E-state index contributed by atoms with van der Waals surface area (Å²) in [5, 5.41) is 3.85. The molecule has 1 heteroatoms. The SMILES string of the molecule is c1ccc2c(c1)CNC1CC(C3CCCCC3)CCC21. The second kappa shape index (κ2) is 5.52. The molecule has 0 saturated heterocycles. The van der Waals surface area contributed by atoms with Crippen molar-refractivity contribution in [2.75, 3.05) is 0 Å². The van der Waals surface area contributed by atoms with E-state index in [0.717, 1.165) is 30.3 Å². The van der Waals surface area contributed by atoms with Gasteiger partial charge in [-0.2, -0.15) is 0 Å². The molecule has 1 aromatic carbocycles. The van der Waals surface area contributed by atoms with Crippen LogP contribution >= 0.6 is 0 Å². The highest BCUT2D eigenvalue weighted by Gasteiger charge is 2.37. The van der Waals surface area contributed by atoms with Crippen LogP contribution in [0.5, 0.6) is 0 Å². The summed E-state index contributed by atoms with van der Waals surface area (Å²) in [5.74, 6) is 2.85. The third-order valence-electron chi connectivity index (χ3n) is 6.22. The van der Waals surface area contributed by atoms with E-state index < -0.39 is 0 Å². The van der Waals surface area contributed by atoms with Crippen LogP contribution in [-0.2, 0) is 6.54 Å². The van der Waals surface area contributed by atoms with E-state index in [0.29, 0.717) is 0 Å². The number of hydrogen-bond acceptors (Lipinski definition) is 1. The average molecular weight is 269 g/mol. The molecule has 0 radical (unpaired) electrons. The van der Waals surface area contributed by atoms with E-state index in [4.69, 9.17) is 0 Å². The maximum absolute atomic E-state index is 3.85. The van der Waals surface area contributed by atoms with Gasteiger partial charge in [0.1, 0.15) is 0 Å². The fourth-order valence-electron chi connectivity index (χ4n) is 5.13. The Morgan fingerprint density at radius 2 is 1.70 bits per heavy atom. The molecule has 1 heterocycles. The second-order valence-corrected chi connectivity index (χ2v) is 7.26. The maximum Gasteiger partial charge on any atom is 0.0211 e. The molecule has 2 aliphatic carbocycles. The van der Waals surface area contributed by atoms with Crippen LogP contribution in [0, 0.1) is 11.8 Å². The van der Waals surface area contributed by atoms with E-state index in [-0.39, 0.29) is 0 Å². The number of nitrogens with one attached hydrogen (secondary N) is 1. The summed E-state index contributed by atoms with van der Waals surface area (Å²) in [5.41, 5.74) is 3.20. The number of rotatable bonds is 1. The van der Waals surface area contributed by atoms with Gasteiger partial charge in [-0.25, -0.2) is 0 Å². The molecule has 4 rings (SSSR count). The Hall–Kier alpha value is -0.820. The van der Waals surface area contributed by atoms with Crippen LogP contribution < -0.4 is 5.32 Å². The Morgan fingerprint density at radius 3 is 2.60 bits per heavy atom. The third-order valence-corrected chi connectivity index (χ3v) is 6.22. The molecule has 20 heavy (non-hydrogen) atoms. The molecule has 3 aliphatic rings. The Balaban J connectivity index is 1.49. The zero-order valence-electron chi connectivity index (χ0n) is 12.5. The first kappa shape index (κ1) is 12.9. The lowest BCUT2D eigenvalue weighted by molar-refractivity contribution is 0.152. The summed E-state index contributed by atoms with van der Waals surface area (Å²) in [6, 6.07) is 9.87. The van der Waals surface area contributed by atoms with Gasteiger partial charge in [0, 0.05) is 12.6 Å². The fourth-order valence-corrected chi connectivity index (χ4v) is 5.13. The third kappa shape index (κ3) is 2.30. The largest absolute Gasteiger partial charge is 0.309 e. The molecule has 108 valence electrons. The van der Waals surface area contributed by atoms with Crippen LogP contribution in [-0.4, -0.2) is 6.04 Å².